The first-order chi connectivity index (χ1) is 9.03. The molecule has 2 amide bonds. The topological polar surface area (TPSA) is 60.9 Å². The summed E-state index contributed by atoms with van der Waals surface area (Å²) in [6, 6.07) is -0.0331. The number of nitrogens with zero attached hydrogens (tertiary/aromatic N) is 2. The summed E-state index contributed by atoms with van der Waals surface area (Å²) in [5.74, 6) is -0.869. The molecule has 0 radical (unpaired) electrons. The van der Waals surface area contributed by atoms with Crippen LogP contribution in [-0.4, -0.2) is 52.1 Å². The van der Waals surface area contributed by atoms with Gasteiger partial charge >= 0.3 is 12.0 Å². The van der Waals surface area contributed by atoms with Crippen molar-refractivity contribution in [2.45, 2.75) is 59.4 Å². The minimum atomic E-state index is -0.869. The van der Waals surface area contributed by atoms with Gasteiger partial charge in [0.05, 0.1) is 6.42 Å². The first-order valence-corrected chi connectivity index (χ1v) is 7.31. The first-order valence-electron chi connectivity index (χ1n) is 7.31. The third-order valence-electron chi connectivity index (χ3n) is 3.98. The van der Waals surface area contributed by atoms with Crippen LogP contribution in [0.4, 0.5) is 4.79 Å². The molecule has 1 rings (SSSR count). The second kappa shape index (κ2) is 6.02. The maximum absolute atomic E-state index is 12.6. The molecule has 1 fully saturated rings. The number of hydrogen-bond donors (Lipinski definition) is 1. The summed E-state index contributed by atoms with van der Waals surface area (Å²) in [4.78, 5) is 26.9. The molecule has 5 heteroatoms. The standard InChI is InChI=1S/C15H28N2O3/c1-14(2,3)17(9-6-12(18)19)13(20)16-10-7-15(4,5)8-11-16/h6-11H2,1-5H3,(H,18,19). The van der Waals surface area contributed by atoms with E-state index in [1.54, 1.807) is 4.90 Å². The van der Waals surface area contributed by atoms with Gasteiger partial charge in [0, 0.05) is 25.2 Å². The molecule has 0 aliphatic carbocycles. The lowest BCUT2D eigenvalue weighted by molar-refractivity contribution is -0.137. The smallest absolute Gasteiger partial charge is 0.320 e. The molecule has 1 N–H and O–H groups in total. The minimum Gasteiger partial charge on any atom is -0.481 e. The number of amides is 2. The molecule has 116 valence electrons. The van der Waals surface area contributed by atoms with Gasteiger partial charge < -0.3 is 14.9 Å². The van der Waals surface area contributed by atoms with E-state index >= 15 is 0 Å². The van der Waals surface area contributed by atoms with Gasteiger partial charge in [-0.05, 0) is 39.0 Å². The van der Waals surface area contributed by atoms with E-state index in [1.165, 1.54) is 0 Å². The lowest BCUT2D eigenvalue weighted by Gasteiger charge is -2.43. The number of hydrogen-bond acceptors (Lipinski definition) is 2. The fourth-order valence-electron chi connectivity index (χ4n) is 2.40. The van der Waals surface area contributed by atoms with Gasteiger partial charge in [-0.2, -0.15) is 0 Å². The molecular weight excluding hydrogens is 256 g/mol. The van der Waals surface area contributed by atoms with E-state index in [4.69, 9.17) is 5.11 Å². The molecule has 5 nitrogen and oxygen atoms in total. The summed E-state index contributed by atoms with van der Waals surface area (Å²) in [7, 11) is 0. The van der Waals surface area contributed by atoms with E-state index in [1.807, 2.05) is 25.7 Å². The van der Waals surface area contributed by atoms with Crippen molar-refractivity contribution in [3.63, 3.8) is 0 Å². The average molecular weight is 284 g/mol. The SMILES string of the molecule is CC1(C)CCN(C(=O)N(CCC(=O)O)C(C)(C)C)CC1. The van der Waals surface area contributed by atoms with Gasteiger partial charge in [0.1, 0.15) is 0 Å². The molecule has 0 bridgehead atoms. The van der Waals surface area contributed by atoms with E-state index in [-0.39, 0.29) is 24.5 Å². The van der Waals surface area contributed by atoms with Gasteiger partial charge in [-0.1, -0.05) is 13.8 Å². The lowest BCUT2D eigenvalue weighted by Crippen LogP contribution is -2.54. The fraction of sp³-hybridized carbons (Fsp3) is 0.867. The van der Waals surface area contributed by atoms with Crippen LogP contribution in [0, 0.1) is 5.41 Å². The molecule has 0 spiro atoms. The molecule has 0 saturated carbocycles. The van der Waals surface area contributed by atoms with Crippen LogP contribution in [0.15, 0.2) is 0 Å². The van der Waals surface area contributed by atoms with Crippen molar-refractivity contribution >= 4 is 12.0 Å². The zero-order valence-electron chi connectivity index (χ0n) is 13.4. The van der Waals surface area contributed by atoms with Crippen LogP contribution in [0.3, 0.4) is 0 Å². The molecule has 0 aromatic carbocycles. The van der Waals surface area contributed by atoms with Crippen molar-refractivity contribution in [2.75, 3.05) is 19.6 Å². The maximum atomic E-state index is 12.6. The number of carbonyl (C=O) groups excluding carboxylic acids is 1. The van der Waals surface area contributed by atoms with E-state index in [9.17, 15) is 9.59 Å². The van der Waals surface area contributed by atoms with Crippen molar-refractivity contribution in [2.24, 2.45) is 5.41 Å². The third kappa shape index (κ3) is 4.69. The van der Waals surface area contributed by atoms with Gasteiger partial charge in [0.15, 0.2) is 0 Å². The number of carboxylic acids is 1. The number of urea groups is 1. The Balaban J connectivity index is 2.71. The number of carboxylic acid groups (broad SMARTS) is 1. The van der Waals surface area contributed by atoms with Crippen LogP contribution in [-0.2, 0) is 4.79 Å². The Morgan fingerprint density at radius 1 is 1.20 bits per heavy atom. The Hall–Kier alpha value is -1.26. The largest absolute Gasteiger partial charge is 0.481 e. The lowest BCUT2D eigenvalue weighted by atomic mass is 9.83. The van der Waals surface area contributed by atoms with Crippen LogP contribution in [0.5, 0.6) is 0 Å². The number of likely N-dealkylation sites (tertiary alicyclic amines) is 1. The second-order valence-corrected chi connectivity index (χ2v) is 7.40. The summed E-state index contributed by atoms with van der Waals surface area (Å²) >= 11 is 0. The van der Waals surface area contributed by atoms with Crippen molar-refractivity contribution in [1.82, 2.24) is 9.80 Å². The monoisotopic (exact) mass is 284 g/mol. The fourth-order valence-corrected chi connectivity index (χ4v) is 2.40. The molecule has 1 aliphatic heterocycles. The van der Waals surface area contributed by atoms with Crippen LogP contribution < -0.4 is 0 Å². The Bertz CT molecular complexity index is 362. The van der Waals surface area contributed by atoms with Crippen molar-refractivity contribution in [1.29, 1.82) is 0 Å². The molecule has 1 saturated heterocycles. The zero-order chi connectivity index (χ0) is 15.6. The maximum Gasteiger partial charge on any atom is 0.320 e. The summed E-state index contributed by atoms with van der Waals surface area (Å²) in [5.41, 5.74) is -0.0656. The molecule has 0 unspecified atom stereocenters. The zero-order valence-corrected chi connectivity index (χ0v) is 13.4. The summed E-state index contributed by atoms with van der Waals surface area (Å²) < 4.78 is 0. The van der Waals surface area contributed by atoms with Crippen molar-refractivity contribution in [3.05, 3.63) is 0 Å². The van der Waals surface area contributed by atoms with E-state index in [0.29, 0.717) is 5.41 Å². The second-order valence-electron chi connectivity index (χ2n) is 7.40. The summed E-state index contributed by atoms with van der Waals surface area (Å²) in [6.45, 7) is 12.1. The summed E-state index contributed by atoms with van der Waals surface area (Å²) in [6.07, 6.45) is 1.98. The van der Waals surface area contributed by atoms with Gasteiger partial charge in [0.2, 0.25) is 0 Å². The van der Waals surface area contributed by atoms with Crippen molar-refractivity contribution in [3.8, 4) is 0 Å². The first kappa shape index (κ1) is 16.8. The highest BCUT2D eigenvalue weighted by Gasteiger charge is 2.34. The van der Waals surface area contributed by atoms with Crippen molar-refractivity contribution < 1.29 is 14.7 Å². The Morgan fingerprint density at radius 2 is 1.70 bits per heavy atom. The van der Waals surface area contributed by atoms with Gasteiger partial charge in [0.25, 0.3) is 0 Å². The third-order valence-corrected chi connectivity index (χ3v) is 3.98. The van der Waals surface area contributed by atoms with Crippen LogP contribution in [0.1, 0.15) is 53.9 Å². The van der Waals surface area contributed by atoms with Gasteiger partial charge in [-0.15, -0.1) is 0 Å². The normalized spacial score (nSPS) is 18.8. The van der Waals surface area contributed by atoms with E-state index in [2.05, 4.69) is 13.8 Å². The number of aliphatic carboxylic acids is 1. The molecular formula is C15H28N2O3. The van der Waals surface area contributed by atoms with Gasteiger partial charge in [-0.25, -0.2) is 4.79 Å². The quantitative estimate of drug-likeness (QED) is 0.867. The van der Waals surface area contributed by atoms with Crippen LogP contribution >= 0.6 is 0 Å². The molecule has 20 heavy (non-hydrogen) atoms. The number of carbonyl (C=O) groups is 2. The van der Waals surface area contributed by atoms with Crippen LogP contribution in [0.25, 0.3) is 0 Å². The molecule has 0 aromatic rings. The number of piperidine rings is 1. The minimum absolute atomic E-state index is 0.0116. The highest BCUT2D eigenvalue weighted by atomic mass is 16.4. The Morgan fingerprint density at radius 3 is 2.10 bits per heavy atom. The van der Waals surface area contributed by atoms with Gasteiger partial charge in [-0.3, -0.25) is 4.79 Å². The highest BCUT2D eigenvalue weighted by Crippen LogP contribution is 2.30. The summed E-state index contributed by atoms with van der Waals surface area (Å²) in [5, 5.41) is 8.84. The predicted octanol–water partition coefficient (Wildman–Crippen LogP) is 2.80. The van der Waals surface area contributed by atoms with E-state index < -0.39 is 5.97 Å². The molecule has 0 atom stereocenters. The number of rotatable bonds is 3. The predicted molar refractivity (Wildman–Crippen MR) is 78.7 cm³/mol. The highest BCUT2D eigenvalue weighted by molar-refractivity contribution is 5.76. The molecule has 1 heterocycles. The Kier molecular flexibility index (Phi) is 5.05. The van der Waals surface area contributed by atoms with Crippen LogP contribution in [0.2, 0.25) is 0 Å². The Labute approximate surface area is 121 Å². The molecule has 1 aliphatic rings. The average Bonchev–Trinajstić information content (AvgIpc) is 2.26. The van der Waals surface area contributed by atoms with E-state index in [0.717, 1.165) is 25.9 Å². The molecule has 0 aromatic heterocycles.